The van der Waals surface area contributed by atoms with E-state index in [2.05, 4.69) is 23.6 Å². The van der Waals surface area contributed by atoms with E-state index in [4.69, 9.17) is 9.26 Å². The van der Waals surface area contributed by atoms with Crippen LogP contribution in [0.1, 0.15) is 17.2 Å². The van der Waals surface area contributed by atoms with E-state index < -0.39 is 8.32 Å². The van der Waals surface area contributed by atoms with Crippen LogP contribution in [-0.4, -0.2) is 38.0 Å². The predicted molar refractivity (Wildman–Crippen MR) is 117 cm³/mol. The Morgan fingerprint density at radius 2 is 1.75 bits per heavy atom. The van der Waals surface area contributed by atoms with Crippen LogP contribution >= 0.6 is 0 Å². The van der Waals surface area contributed by atoms with E-state index in [1.165, 1.54) is 5.56 Å². The van der Waals surface area contributed by atoms with E-state index in [9.17, 15) is 5.21 Å². The summed E-state index contributed by atoms with van der Waals surface area (Å²) >= 11 is 0. The van der Waals surface area contributed by atoms with Gasteiger partial charge in [0.25, 0.3) is 0 Å². The second-order valence-corrected chi connectivity index (χ2v) is 12.0. The van der Waals surface area contributed by atoms with Crippen molar-refractivity contribution >= 4 is 14.5 Å². The molecule has 0 aliphatic carbocycles. The highest BCUT2D eigenvalue weighted by Crippen LogP contribution is 2.24. The minimum absolute atomic E-state index is 0.266. The molecule has 1 atom stereocenters. The van der Waals surface area contributed by atoms with Gasteiger partial charge in [-0.05, 0) is 23.3 Å². The van der Waals surface area contributed by atoms with Crippen molar-refractivity contribution < 1.29 is 14.2 Å². The zero-order valence-corrected chi connectivity index (χ0v) is 18.2. The number of ether oxygens (including phenoxy) is 1. The summed E-state index contributed by atoms with van der Waals surface area (Å²) in [7, 11) is -0.369. The Morgan fingerprint density at radius 1 is 1.11 bits per heavy atom. The standard InChI is InChI=1S/C22H30N2O3Si/c1-6-16-23(17-19-10-8-7-9-11-19)22(18-24(25)27-28(3,4)5)20-12-14-21(26-2)15-13-20/h6-15,18,22H,1,16-17H2,2-5H3/b24-18+. The summed E-state index contributed by atoms with van der Waals surface area (Å²) in [6.45, 7) is 11.2. The van der Waals surface area contributed by atoms with Gasteiger partial charge in [0.05, 0.1) is 7.11 Å². The Morgan fingerprint density at radius 3 is 2.29 bits per heavy atom. The molecule has 2 aromatic carbocycles. The van der Waals surface area contributed by atoms with E-state index in [1.54, 1.807) is 13.3 Å². The summed E-state index contributed by atoms with van der Waals surface area (Å²) in [6, 6.07) is 17.7. The minimum atomic E-state index is -2.01. The van der Waals surface area contributed by atoms with Crippen LogP contribution in [0.5, 0.6) is 5.75 Å². The van der Waals surface area contributed by atoms with Crippen molar-refractivity contribution in [2.24, 2.45) is 0 Å². The maximum atomic E-state index is 12.5. The summed E-state index contributed by atoms with van der Waals surface area (Å²) in [5.41, 5.74) is 2.15. The summed E-state index contributed by atoms with van der Waals surface area (Å²) in [5, 5.41) is 12.5. The predicted octanol–water partition coefficient (Wildman–Crippen LogP) is 4.77. The first-order valence-electron chi connectivity index (χ1n) is 9.35. The van der Waals surface area contributed by atoms with Gasteiger partial charge in [0.2, 0.25) is 6.21 Å². The SMILES string of the molecule is C=CCN(Cc1ccccc1)C(/C=[N+](\[O-])O[Si](C)(C)C)c1ccc(OC)cc1. The van der Waals surface area contributed by atoms with Gasteiger partial charge in [-0.3, -0.25) is 10.1 Å². The lowest BCUT2D eigenvalue weighted by molar-refractivity contribution is -0.701. The van der Waals surface area contributed by atoms with Gasteiger partial charge in [-0.25, -0.2) is 0 Å². The summed E-state index contributed by atoms with van der Waals surface area (Å²) in [6.07, 6.45) is 3.44. The molecule has 0 aliphatic rings. The van der Waals surface area contributed by atoms with Crippen molar-refractivity contribution in [2.45, 2.75) is 32.2 Å². The molecule has 0 radical (unpaired) electrons. The zero-order chi connectivity index (χ0) is 20.6. The van der Waals surface area contributed by atoms with Crippen LogP contribution in [0.4, 0.5) is 0 Å². The summed E-state index contributed by atoms with van der Waals surface area (Å²) in [4.78, 5) is 2.81. The quantitative estimate of drug-likeness (QED) is 0.190. The van der Waals surface area contributed by atoms with E-state index in [1.807, 2.05) is 68.2 Å². The lowest BCUT2D eigenvalue weighted by Crippen LogP contribution is -2.35. The monoisotopic (exact) mass is 398 g/mol. The first-order valence-corrected chi connectivity index (χ1v) is 12.8. The molecule has 28 heavy (non-hydrogen) atoms. The normalized spacial score (nSPS) is 13.2. The first kappa shape index (κ1) is 21.7. The number of hydrogen-bond acceptors (Lipinski definition) is 4. The van der Waals surface area contributed by atoms with Crippen molar-refractivity contribution in [1.29, 1.82) is 0 Å². The van der Waals surface area contributed by atoms with Crippen molar-refractivity contribution in [3.05, 3.63) is 83.6 Å². The minimum Gasteiger partial charge on any atom is -0.497 e. The third kappa shape index (κ3) is 6.87. The van der Waals surface area contributed by atoms with Crippen LogP contribution in [0.3, 0.4) is 0 Å². The Labute approximate surface area is 169 Å². The number of hydrogen-bond donors (Lipinski definition) is 0. The molecule has 2 rings (SSSR count). The number of nitrogens with zero attached hydrogens (tertiary/aromatic N) is 2. The van der Waals surface area contributed by atoms with Gasteiger partial charge in [-0.1, -0.05) is 68.2 Å². The van der Waals surface area contributed by atoms with Crippen LogP contribution in [0.2, 0.25) is 19.6 Å². The van der Waals surface area contributed by atoms with Crippen LogP contribution in [0.25, 0.3) is 0 Å². The fraction of sp³-hybridized carbons (Fsp3) is 0.318. The van der Waals surface area contributed by atoms with Crippen molar-refractivity contribution in [3.8, 4) is 5.75 Å². The Kier molecular flexibility index (Phi) is 7.84. The van der Waals surface area contributed by atoms with E-state index in [-0.39, 0.29) is 6.04 Å². The molecular weight excluding hydrogens is 368 g/mol. The van der Waals surface area contributed by atoms with Gasteiger partial charge in [0.15, 0.2) is 8.32 Å². The van der Waals surface area contributed by atoms with Gasteiger partial charge < -0.3 is 9.26 Å². The smallest absolute Gasteiger partial charge is 0.230 e. The van der Waals surface area contributed by atoms with Crippen LogP contribution in [0, 0.1) is 5.21 Å². The highest BCUT2D eigenvalue weighted by atomic mass is 28.4. The van der Waals surface area contributed by atoms with Gasteiger partial charge in [-0.2, -0.15) is 0 Å². The lowest BCUT2D eigenvalue weighted by Gasteiger charge is -2.28. The first-order chi connectivity index (χ1) is 13.3. The number of methoxy groups -OCH3 is 1. The molecule has 0 aromatic heterocycles. The topological polar surface area (TPSA) is 47.8 Å². The average Bonchev–Trinajstić information content (AvgIpc) is 2.65. The molecular formula is C22H30N2O3Si. The molecule has 0 bridgehead atoms. The van der Waals surface area contributed by atoms with Crippen molar-refractivity contribution in [2.75, 3.05) is 13.7 Å². The van der Waals surface area contributed by atoms with Crippen molar-refractivity contribution in [1.82, 2.24) is 4.90 Å². The van der Waals surface area contributed by atoms with Gasteiger partial charge in [0, 0.05) is 18.0 Å². The zero-order valence-electron chi connectivity index (χ0n) is 17.2. The highest BCUT2D eigenvalue weighted by Gasteiger charge is 2.24. The fourth-order valence-corrected chi connectivity index (χ4v) is 3.47. The molecule has 0 spiro atoms. The maximum Gasteiger partial charge on any atom is 0.230 e. The third-order valence-electron chi connectivity index (χ3n) is 4.07. The molecule has 0 amide bonds. The van der Waals surface area contributed by atoms with Crippen molar-refractivity contribution in [3.63, 3.8) is 0 Å². The second-order valence-electron chi connectivity index (χ2n) is 7.56. The second kappa shape index (κ2) is 10.1. The van der Waals surface area contributed by atoms with E-state index >= 15 is 0 Å². The molecule has 1 unspecified atom stereocenters. The number of benzene rings is 2. The Balaban J connectivity index is 2.40. The molecule has 0 aliphatic heterocycles. The summed E-state index contributed by atoms with van der Waals surface area (Å²) in [5.74, 6) is 0.776. The van der Waals surface area contributed by atoms with Crippen LogP contribution in [-0.2, 0) is 11.1 Å². The Bertz CT molecular complexity index is 771. The molecule has 150 valence electrons. The molecule has 6 heteroatoms. The molecule has 2 aromatic rings. The summed E-state index contributed by atoms with van der Waals surface area (Å²) < 4.78 is 10.9. The van der Waals surface area contributed by atoms with Crippen LogP contribution < -0.4 is 4.74 Å². The Hall–Kier alpha value is -2.57. The highest BCUT2D eigenvalue weighted by molar-refractivity contribution is 6.69. The molecule has 0 fully saturated rings. The fourth-order valence-electron chi connectivity index (χ4n) is 2.87. The maximum absolute atomic E-state index is 12.5. The van der Waals surface area contributed by atoms with Gasteiger partial charge in [0.1, 0.15) is 11.8 Å². The lowest BCUT2D eigenvalue weighted by atomic mass is 10.0. The third-order valence-corrected chi connectivity index (χ3v) is 4.80. The van der Waals surface area contributed by atoms with Gasteiger partial charge in [-0.15, -0.1) is 6.58 Å². The van der Waals surface area contributed by atoms with E-state index in [0.717, 1.165) is 11.3 Å². The molecule has 0 saturated carbocycles. The van der Waals surface area contributed by atoms with Gasteiger partial charge >= 0.3 is 0 Å². The molecule has 0 saturated heterocycles. The molecule has 0 heterocycles. The number of rotatable bonds is 10. The van der Waals surface area contributed by atoms with E-state index in [0.29, 0.717) is 18.0 Å². The average molecular weight is 399 g/mol. The molecule has 5 nitrogen and oxygen atoms in total. The van der Waals surface area contributed by atoms with Crippen LogP contribution in [0.15, 0.2) is 67.3 Å². The largest absolute Gasteiger partial charge is 0.497 e. The molecule has 0 N–H and O–H groups in total.